The van der Waals surface area contributed by atoms with E-state index in [2.05, 4.69) is 29.3 Å². The molecule has 3 rings (SSSR count). The van der Waals surface area contributed by atoms with Gasteiger partial charge in [-0.15, -0.1) is 0 Å². The number of pyridine rings is 1. The Hall–Kier alpha value is -2.17. The molecule has 5 heteroatoms. The summed E-state index contributed by atoms with van der Waals surface area (Å²) in [6, 6.07) is 13.7. The monoisotopic (exact) mass is 342 g/mol. The van der Waals surface area contributed by atoms with Crippen molar-refractivity contribution in [2.75, 3.05) is 32.7 Å². The smallest absolute Gasteiger partial charge is 0.255 e. The van der Waals surface area contributed by atoms with Gasteiger partial charge in [0.25, 0.3) is 5.91 Å². The molecule has 0 atom stereocenters. The predicted molar refractivity (Wildman–Crippen MR) is 96.2 cm³/mol. The summed E-state index contributed by atoms with van der Waals surface area (Å²) in [6.07, 6.45) is 5.92. The number of carbonyl (C=O) groups is 1. The number of rotatable bonds is 4. The van der Waals surface area contributed by atoms with Crippen LogP contribution in [0.4, 0.5) is 0 Å². The van der Waals surface area contributed by atoms with E-state index in [1.54, 1.807) is 18.3 Å². The predicted octanol–water partition coefficient (Wildman–Crippen LogP) is 1.79. The number of quaternary nitrogens is 1. The first-order valence-electron chi connectivity index (χ1n) is 8.18. The van der Waals surface area contributed by atoms with Crippen molar-refractivity contribution in [2.24, 2.45) is 0 Å². The summed E-state index contributed by atoms with van der Waals surface area (Å²) in [5.74, 6) is 0.0399. The van der Waals surface area contributed by atoms with Gasteiger partial charge < -0.3 is 9.80 Å². The summed E-state index contributed by atoms with van der Waals surface area (Å²) in [6.45, 7) is 4.46. The number of carbonyl (C=O) groups excluding carboxylic acids is 1. The second kappa shape index (κ2) is 8.08. The van der Waals surface area contributed by atoms with Gasteiger partial charge in [0.2, 0.25) is 0 Å². The number of piperazine rings is 1. The third-order valence-electron chi connectivity index (χ3n) is 4.25. The SMILES string of the molecule is O=C(c1ccc(Cl)nc1)N1CC[NH+](C/C=C/c2ccccc2)CC1. The van der Waals surface area contributed by atoms with E-state index in [1.165, 1.54) is 10.5 Å². The van der Waals surface area contributed by atoms with Crippen LogP contribution in [-0.2, 0) is 0 Å². The molecule has 1 amide bonds. The third-order valence-corrected chi connectivity index (χ3v) is 4.47. The lowest BCUT2D eigenvalue weighted by atomic mass is 10.2. The third kappa shape index (κ3) is 4.43. The van der Waals surface area contributed by atoms with Gasteiger partial charge in [0.15, 0.2) is 0 Å². The molecule has 0 saturated carbocycles. The van der Waals surface area contributed by atoms with E-state index in [0.717, 1.165) is 32.7 Å². The first-order valence-corrected chi connectivity index (χ1v) is 8.56. The Kier molecular flexibility index (Phi) is 5.62. The molecule has 0 spiro atoms. The fourth-order valence-corrected chi connectivity index (χ4v) is 2.95. The lowest BCUT2D eigenvalue weighted by molar-refractivity contribution is -0.898. The van der Waals surface area contributed by atoms with Crippen molar-refractivity contribution in [1.29, 1.82) is 0 Å². The summed E-state index contributed by atoms with van der Waals surface area (Å²) >= 11 is 5.77. The Morgan fingerprint density at radius 3 is 2.58 bits per heavy atom. The van der Waals surface area contributed by atoms with Crippen LogP contribution >= 0.6 is 11.6 Å². The minimum absolute atomic E-state index is 0.0399. The molecule has 1 saturated heterocycles. The summed E-state index contributed by atoms with van der Waals surface area (Å²) in [5, 5.41) is 0.408. The average Bonchev–Trinajstić information content (AvgIpc) is 2.63. The lowest BCUT2D eigenvalue weighted by Crippen LogP contribution is -3.14. The number of nitrogens with zero attached hydrogens (tertiary/aromatic N) is 2. The van der Waals surface area contributed by atoms with Crippen LogP contribution in [0, 0.1) is 0 Å². The highest BCUT2D eigenvalue weighted by Crippen LogP contribution is 2.08. The highest BCUT2D eigenvalue weighted by atomic mass is 35.5. The molecular formula is C19H21ClN3O+. The fraction of sp³-hybridized carbons (Fsp3) is 0.263. The van der Waals surface area contributed by atoms with Crippen LogP contribution in [-0.4, -0.2) is 48.5 Å². The van der Waals surface area contributed by atoms with Crippen LogP contribution in [0.5, 0.6) is 0 Å². The molecule has 0 radical (unpaired) electrons. The molecular weight excluding hydrogens is 322 g/mol. The van der Waals surface area contributed by atoms with Crippen molar-refractivity contribution in [1.82, 2.24) is 9.88 Å². The van der Waals surface area contributed by atoms with Crippen molar-refractivity contribution >= 4 is 23.6 Å². The quantitative estimate of drug-likeness (QED) is 0.860. The van der Waals surface area contributed by atoms with Crippen LogP contribution in [0.25, 0.3) is 6.08 Å². The highest BCUT2D eigenvalue weighted by Gasteiger charge is 2.23. The maximum atomic E-state index is 12.4. The molecule has 1 aromatic heterocycles. The van der Waals surface area contributed by atoms with Gasteiger partial charge in [0.05, 0.1) is 38.3 Å². The number of nitrogens with one attached hydrogen (secondary N) is 1. The molecule has 0 bridgehead atoms. The molecule has 1 aliphatic rings. The van der Waals surface area contributed by atoms with Crippen molar-refractivity contribution in [3.63, 3.8) is 0 Å². The Labute approximate surface area is 147 Å². The van der Waals surface area contributed by atoms with Gasteiger partial charge in [-0.1, -0.05) is 48.0 Å². The zero-order valence-corrected chi connectivity index (χ0v) is 14.2. The van der Waals surface area contributed by atoms with Crippen LogP contribution in [0.2, 0.25) is 5.15 Å². The van der Waals surface area contributed by atoms with Gasteiger partial charge in [0, 0.05) is 6.20 Å². The molecule has 4 nitrogen and oxygen atoms in total. The molecule has 124 valence electrons. The number of halogens is 1. The topological polar surface area (TPSA) is 37.6 Å². The van der Waals surface area contributed by atoms with Crippen molar-refractivity contribution in [2.45, 2.75) is 0 Å². The Balaban J connectivity index is 1.48. The second-order valence-corrected chi connectivity index (χ2v) is 6.32. The van der Waals surface area contributed by atoms with E-state index in [9.17, 15) is 4.79 Å². The highest BCUT2D eigenvalue weighted by molar-refractivity contribution is 6.29. The van der Waals surface area contributed by atoms with Crippen LogP contribution < -0.4 is 4.90 Å². The van der Waals surface area contributed by atoms with Crippen molar-refractivity contribution in [3.05, 3.63) is 71.0 Å². The van der Waals surface area contributed by atoms with Gasteiger partial charge in [0.1, 0.15) is 5.15 Å². The standard InChI is InChI=1S/C19H20ClN3O/c20-18-9-8-17(15-21-18)19(24)23-13-11-22(12-14-23)10-4-7-16-5-2-1-3-6-16/h1-9,15H,10-14H2/p+1/b7-4+. The zero-order valence-electron chi connectivity index (χ0n) is 13.5. The number of amides is 1. The summed E-state index contributed by atoms with van der Waals surface area (Å²) < 4.78 is 0. The van der Waals surface area contributed by atoms with Crippen LogP contribution in [0.3, 0.4) is 0 Å². The minimum Gasteiger partial charge on any atom is -0.329 e. The van der Waals surface area contributed by atoms with Gasteiger partial charge >= 0.3 is 0 Å². The van der Waals surface area contributed by atoms with Crippen LogP contribution in [0.15, 0.2) is 54.7 Å². The molecule has 24 heavy (non-hydrogen) atoms. The Morgan fingerprint density at radius 2 is 1.92 bits per heavy atom. The van der Waals surface area contributed by atoms with E-state index in [1.807, 2.05) is 23.1 Å². The van der Waals surface area contributed by atoms with Gasteiger partial charge in [-0.05, 0) is 23.8 Å². The number of hydrogen-bond donors (Lipinski definition) is 1. The normalized spacial score (nSPS) is 15.8. The lowest BCUT2D eigenvalue weighted by Gasteiger charge is -2.31. The van der Waals surface area contributed by atoms with Crippen LogP contribution in [0.1, 0.15) is 15.9 Å². The molecule has 0 unspecified atom stereocenters. The van der Waals surface area contributed by atoms with E-state index in [-0.39, 0.29) is 5.91 Å². The maximum absolute atomic E-state index is 12.4. The first-order chi connectivity index (χ1) is 11.7. The average molecular weight is 343 g/mol. The number of aromatic nitrogens is 1. The van der Waals surface area contributed by atoms with Gasteiger partial charge in [-0.2, -0.15) is 0 Å². The molecule has 1 aromatic carbocycles. The van der Waals surface area contributed by atoms with Crippen molar-refractivity contribution in [3.8, 4) is 0 Å². The fourth-order valence-electron chi connectivity index (χ4n) is 2.84. The minimum atomic E-state index is 0.0399. The molecule has 1 aliphatic heterocycles. The van der Waals surface area contributed by atoms with Gasteiger partial charge in [-0.25, -0.2) is 4.98 Å². The second-order valence-electron chi connectivity index (χ2n) is 5.93. The molecule has 2 aromatic rings. The number of hydrogen-bond acceptors (Lipinski definition) is 2. The molecule has 0 aliphatic carbocycles. The molecule has 1 N–H and O–H groups in total. The summed E-state index contributed by atoms with van der Waals surface area (Å²) in [5.41, 5.74) is 1.83. The summed E-state index contributed by atoms with van der Waals surface area (Å²) in [4.78, 5) is 19.8. The molecule has 1 fully saturated rings. The van der Waals surface area contributed by atoms with E-state index < -0.39 is 0 Å². The number of benzene rings is 1. The maximum Gasteiger partial charge on any atom is 0.255 e. The summed E-state index contributed by atoms with van der Waals surface area (Å²) in [7, 11) is 0. The van der Waals surface area contributed by atoms with Crippen molar-refractivity contribution < 1.29 is 9.69 Å². The Bertz CT molecular complexity index is 692. The Morgan fingerprint density at radius 1 is 1.17 bits per heavy atom. The largest absolute Gasteiger partial charge is 0.329 e. The zero-order chi connectivity index (χ0) is 16.8. The van der Waals surface area contributed by atoms with Gasteiger partial charge in [-0.3, -0.25) is 4.79 Å². The van der Waals surface area contributed by atoms with E-state index in [4.69, 9.17) is 11.6 Å². The van der Waals surface area contributed by atoms with E-state index >= 15 is 0 Å². The van der Waals surface area contributed by atoms with E-state index in [0.29, 0.717) is 10.7 Å². The molecule has 2 heterocycles. The first kappa shape index (κ1) is 16.7.